The maximum atomic E-state index is 13.2. The fraction of sp³-hybridized carbons (Fsp3) is 0.154. The van der Waals surface area contributed by atoms with Crippen molar-refractivity contribution in [3.63, 3.8) is 0 Å². The van der Waals surface area contributed by atoms with Gasteiger partial charge in [0.05, 0.1) is 27.1 Å². The van der Waals surface area contributed by atoms with Crippen molar-refractivity contribution in [1.29, 1.82) is 0 Å². The second kappa shape index (κ2) is 9.47. The van der Waals surface area contributed by atoms with Gasteiger partial charge in [-0.15, -0.1) is 0 Å². The lowest BCUT2D eigenvalue weighted by molar-refractivity contribution is 0.282. The SMILES string of the molecule is COc1cc(/C=c2\sc3nc4c(C)c(C)ccc4n3c2=O)cc(Br)c1OCc1ccc(Cl)cc1Cl. The maximum absolute atomic E-state index is 13.2. The molecule has 0 saturated heterocycles. The second-order valence-electron chi connectivity index (χ2n) is 8.08. The van der Waals surface area contributed by atoms with Gasteiger partial charge in [-0.2, -0.15) is 0 Å². The molecule has 2 aromatic heterocycles. The maximum Gasteiger partial charge on any atom is 0.274 e. The summed E-state index contributed by atoms with van der Waals surface area (Å²) >= 11 is 17.2. The molecule has 2 heterocycles. The summed E-state index contributed by atoms with van der Waals surface area (Å²) in [4.78, 5) is 18.6. The van der Waals surface area contributed by atoms with E-state index in [0.717, 1.165) is 33.3 Å². The minimum absolute atomic E-state index is 0.0939. The van der Waals surface area contributed by atoms with Gasteiger partial charge in [-0.25, -0.2) is 9.38 Å². The molecule has 0 radical (unpaired) electrons. The minimum atomic E-state index is -0.0939. The number of hydrogen-bond donors (Lipinski definition) is 0. The van der Waals surface area contributed by atoms with Gasteiger partial charge in [-0.05, 0) is 82.9 Å². The number of hydrogen-bond acceptors (Lipinski definition) is 5. The molecule has 0 N–H and O–H groups in total. The largest absolute Gasteiger partial charge is 0.493 e. The molecule has 35 heavy (non-hydrogen) atoms. The van der Waals surface area contributed by atoms with Crippen LogP contribution in [0.2, 0.25) is 10.0 Å². The van der Waals surface area contributed by atoms with Crippen LogP contribution in [0.4, 0.5) is 0 Å². The Morgan fingerprint density at radius 3 is 2.69 bits per heavy atom. The molecule has 5 aromatic rings. The highest BCUT2D eigenvalue weighted by molar-refractivity contribution is 9.10. The Labute approximate surface area is 223 Å². The Kier molecular flexibility index (Phi) is 6.53. The molecule has 0 fully saturated rings. The van der Waals surface area contributed by atoms with Gasteiger partial charge in [0.2, 0.25) is 0 Å². The van der Waals surface area contributed by atoms with Crippen LogP contribution >= 0.6 is 50.5 Å². The average Bonchev–Trinajstić information content (AvgIpc) is 3.33. The van der Waals surface area contributed by atoms with E-state index in [1.807, 2.05) is 50.3 Å². The summed E-state index contributed by atoms with van der Waals surface area (Å²) in [6.07, 6.45) is 1.84. The van der Waals surface area contributed by atoms with Crippen LogP contribution in [0, 0.1) is 13.8 Å². The molecule has 9 heteroatoms. The molecule has 0 unspecified atom stereocenters. The molecule has 0 aliphatic rings. The van der Waals surface area contributed by atoms with E-state index in [1.165, 1.54) is 11.3 Å². The van der Waals surface area contributed by atoms with E-state index < -0.39 is 0 Å². The second-order valence-corrected chi connectivity index (χ2v) is 10.8. The van der Waals surface area contributed by atoms with E-state index in [2.05, 4.69) is 15.9 Å². The Morgan fingerprint density at radius 2 is 1.94 bits per heavy atom. The highest BCUT2D eigenvalue weighted by atomic mass is 79.9. The summed E-state index contributed by atoms with van der Waals surface area (Å²) in [5.74, 6) is 1.07. The number of aromatic nitrogens is 2. The number of nitrogens with zero attached hydrogens (tertiary/aromatic N) is 2. The lowest BCUT2D eigenvalue weighted by atomic mass is 10.1. The van der Waals surface area contributed by atoms with Crippen LogP contribution in [0.1, 0.15) is 22.3 Å². The molecule has 5 rings (SSSR count). The number of ether oxygens (including phenoxy) is 2. The summed E-state index contributed by atoms with van der Waals surface area (Å²) < 4.78 is 14.5. The zero-order valence-corrected chi connectivity index (χ0v) is 22.9. The summed E-state index contributed by atoms with van der Waals surface area (Å²) in [7, 11) is 1.57. The normalized spacial score (nSPS) is 12.1. The van der Waals surface area contributed by atoms with E-state index in [-0.39, 0.29) is 12.2 Å². The van der Waals surface area contributed by atoms with Gasteiger partial charge >= 0.3 is 0 Å². The first-order chi connectivity index (χ1) is 16.8. The van der Waals surface area contributed by atoms with Crippen molar-refractivity contribution in [2.45, 2.75) is 20.5 Å². The third-order valence-corrected chi connectivity index (χ3v) is 8.02. The van der Waals surface area contributed by atoms with Crippen LogP contribution in [-0.4, -0.2) is 16.5 Å². The van der Waals surface area contributed by atoms with Gasteiger partial charge < -0.3 is 9.47 Å². The Hall–Kier alpha value is -2.58. The van der Waals surface area contributed by atoms with Gasteiger partial charge in [0.1, 0.15) is 6.61 Å². The number of halogens is 3. The molecular weight excluding hydrogens is 571 g/mol. The monoisotopic (exact) mass is 588 g/mol. The van der Waals surface area contributed by atoms with Crippen LogP contribution in [0.15, 0.2) is 51.7 Å². The summed E-state index contributed by atoms with van der Waals surface area (Å²) in [6.45, 7) is 4.32. The number of fused-ring (bicyclic) bond motifs is 3. The van der Waals surface area contributed by atoms with E-state index in [4.69, 9.17) is 37.7 Å². The summed E-state index contributed by atoms with van der Waals surface area (Å²) in [6, 6.07) is 12.9. The van der Waals surface area contributed by atoms with E-state index in [0.29, 0.717) is 35.5 Å². The van der Waals surface area contributed by atoms with Crippen LogP contribution < -0.4 is 19.6 Å². The highest BCUT2D eigenvalue weighted by Gasteiger charge is 2.15. The van der Waals surface area contributed by atoms with Gasteiger partial charge in [-0.3, -0.25) is 4.79 Å². The molecule has 3 aromatic carbocycles. The first kappa shape index (κ1) is 24.1. The molecule has 0 amide bonds. The fourth-order valence-electron chi connectivity index (χ4n) is 3.87. The molecule has 5 nitrogen and oxygen atoms in total. The number of imidazole rings is 1. The highest BCUT2D eigenvalue weighted by Crippen LogP contribution is 2.38. The molecule has 178 valence electrons. The first-order valence-corrected chi connectivity index (χ1v) is 13.0. The van der Waals surface area contributed by atoms with Gasteiger partial charge in [-0.1, -0.05) is 46.7 Å². The van der Waals surface area contributed by atoms with Crippen molar-refractivity contribution in [1.82, 2.24) is 9.38 Å². The molecule has 0 atom stereocenters. The number of methoxy groups -OCH3 is 1. The van der Waals surface area contributed by atoms with Crippen molar-refractivity contribution in [3.05, 3.63) is 94.1 Å². The number of thiazole rings is 1. The number of benzene rings is 3. The van der Waals surface area contributed by atoms with Crippen molar-refractivity contribution in [3.8, 4) is 11.5 Å². The smallest absolute Gasteiger partial charge is 0.274 e. The van der Waals surface area contributed by atoms with Crippen molar-refractivity contribution in [2.24, 2.45) is 0 Å². The zero-order chi connectivity index (χ0) is 24.9. The van der Waals surface area contributed by atoms with E-state index in [1.54, 1.807) is 23.6 Å². The van der Waals surface area contributed by atoms with Crippen molar-refractivity contribution < 1.29 is 9.47 Å². The zero-order valence-electron chi connectivity index (χ0n) is 19.0. The Bertz CT molecular complexity index is 1730. The van der Waals surface area contributed by atoms with Crippen LogP contribution in [0.25, 0.3) is 22.1 Å². The van der Waals surface area contributed by atoms with Gasteiger partial charge in [0, 0.05) is 15.6 Å². The first-order valence-electron chi connectivity index (χ1n) is 10.6. The lowest BCUT2D eigenvalue weighted by Gasteiger charge is -2.14. The van der Waals surface area contributed by atoms with Crippen LogP contribution in [0.3, 0.4) is 0 Å². The summed E-state index contributed by atoms with van der Waals surface area (Å²) in [5.41, 5.74) is 5.44. The predicted molar refractivity (Wildman–Crippen MR) is 147 cm³/mol. The quantitative estimate of drug-likeness (QED) is 0.228. The molecule has 0 aliphatic heterocycles. The molecule has 0 saturated carbocycles. The van der Waals surface area contributed by atoms with Crippen molar-refractivity contribution >= 4 is 72.5 Å². The third-order valence-electron chi connectivity index (χ3n) is 5.87. The average molecular weight is 590 g/mol. The standard InChI is InChI=1S/C26H19BrCl2N2O3S/c1-13-4-7-20-23(14(13)2)30-26-31(20)25(32)22(35-26)10-15-8-18(27)24(21(9-15)33-3)34-12-16-5-6-17(28)11-19(16)29/h4-11H,12H2,1-3H3/b22-10-. The minimum Gasteiger partial charge on any atom is -0.493 e. The van der Waals surface area contributed by atoms with E-state index in [9.17, 15) is 4.79 Å². The predicted octanol–water partition coefficient (Wildman–Crippen LogP) is 6.73. The van der Waals surface area contributed by atoms with Crippen LogP contribution in [0.5, 0.6) is 11.5 Å². The number of rotatable bonds is 5. The molecule has 0 aliphatic carbocycles. The summed E-state index contributed by atoms with van der Waals surface area (Å²) in [5, 5.41) is 1.09. The third kappa shape index (κ3) is 4.42. The van der Waals surface area contributed by atoms with Crippen LogP contribution in [-0.2, 0) is 6.61 Å². The molecular formula is C26H19BrCl2N2O3S. The fourth-order valence-corrected chi connectivity index (χ4v) is 5.89. The molecule has 0 spiro atoms. The number of aryl methyl sites for hydroxylation is 2. The molecule has 0 bridgehead atoms. The van der Waals surface area contributed by atoms with Gasteiger partial charge in [0.25, 0.3) is 5.56 Å². The lowest BCUT2D eigenvalue weighted by Crippen LogP contribution is -2.22. The van der Waals surface area contributed by atoms with Gasteiger partial charge in [0.15, 0.2) is 16.5 Å². The Balaban J connectivity index is 1.52. The van der Waals surface area contributed by atoms with Crippen molar-refractivity contribution in [2.75, 3.05) is 7.11 Å². The Morgan fingerprint density at radius 1 is 1.14 bits per heavy atom. The van der Waals surface area contributed by atoms with E-state index >= 15 is 0 Å². The topological polar surface area (TPSA) is 52.8 Å².